The standard InChI is InChI=1S/C13H16FN3O/c1-9-12(10-3-5-11(14)6-4-10)13(17-16-9)15-7-8-18-2/h3-6H,7-8H2,1-2H3,(H2,15,16,17). The van der Waals surface area contributed by atoms with Crippen LogP contribution in [0, 0.1) is 12.7 Å². The Balaban J connectivity index is 2.25. The minimum absolute atomic E-state index is 0.242. The van der Waals surface area contributed by atoms with E-state index in [0.29, 0.717) is 13.2 Å². The van der Waals surface area contributed by atoms with Crippen molar-refractivity contribution in [2.45, 2.75) is 6.92 Å². The minimum atomic E-state index is -0.242. The molecule has 18 heavy (non-hydrogen) atoms. The van der Waals surface area contributed by atoms with Crippen molar-refractivity contribution in [1.29, 1.82) is 0 Å². The van der Waals surface area contributed by atoms with Crippen molar-refractivity contribution in [3.8, 4) is 11.1 Å². The molecule has 0 amide bonds. The summed E-state index contributed by atoms with van der Waals surface area (Å²) in [4.78, 5) is 0. The molecule has 2 rings (SSSR count). The number of methoxy groups -OCH3 is 1. The van der Waals surface area contributed by atoms with Crippen LogP contribution in [0.1, 0.15) is 5.69 Å². The number of aryl methyl sites for hydroxylation is 1. The van der Waals surface area contributed by atoms with E-state index in [1.54, 1.807) is 19.2 Å². The first kappa shape index (κ1) is 12.6. The number of rotatable bonds is 5. The lowest BCUT2D eigenvalue weighted by molar-refractivity contribution is 0.210. The molecule has 1 aromatic heterocycles. The monoisotopic (exact) mass is 249 g/mol. The van der Waals surface area contributed by atoms with E-state index in [9.17, 15) is 4.39 Å². The molecule has 2 aromatic rings. The zero-order chi connectivity index (χ0) is 13.0. The molecule has 1 aromatic carbocycles. The highest BCUT2D eigenvalue weighted by atomic mass is 19.1. The maximum absolute atomic E-state index is 12.9. The van der Waals surface area contributed by atoms with Crippen molar-refractivity contribution in [2.24, 2.45) is 0 Å². The molecule has 0 spiro atoms. The molecular formula is C13H16FN3O. The topological polar surface area (TPSA) is 49.9 Å². The fraction of sp³-hybridized carbons (Fsp3) is 0.308. The zero-order valence-electron chi connectivity index (χ0n) is 10.5. The van der Waals surface area contributed by atoms with E-state index >= 15 is 0 Å². The van der Waals surface area contributed by atoms with Gasteiger partial charge in [-0.25, -0.2) is 4.39 Å². The quantitative estimate of drug-likeness (QED) is 0.801. The molecule has 0 fully saturated rings. The molecule has 2 N–H and O–H groups in total. The number of nitrogens with one attached hydrogen (secondary N) is 2. The van der Waals surface area contributed by atoms with Gasteiger partial charge in [-0.15, -0.1) is 0 Å². The minimum Gasteiger partial charge on any atom is -0.383 e. The van der Waals surface area contributed by atoms with Crippen molar-refractivity contribution in [1.82, 2.24) is 10.2 Å². The third-order valence-corrected chi connectivity index (χ3v) is 2.68. The third kappa shape index (κ3) is 2.68. The van der Waals surface area contributed by atoms with Crippen LogP contribution in [-0.4, -0.2) is 30.5 Å². The number of anilines is 1. The van der Waals surface area contributed by atoms with Gasteiger partial charge < -0.3 is 10.1 Å². The maximum Gasteiger partial charge on any atom is 0.156 e. The summed E-state index contributed by atoms with van der Waals surface area (Å²) in [7, 11) is 1.65. The smallest absolute Gasteiger partial charge is 0.156 e. The van der Waals surface area contributed by atoms with Crippen molar-refractivity contribution in [3.05, 3.63) is 35.8 Å². The van der Waals surface area contributed by atoms with Crippen molar-refractivity contribution < 1.29 is 9.13 Å². The Labute approximate surface area is 105 Å². The Morgan fingerprint density at radius 3 is 2.72 bits per heavy atom. The van der Waals surface area contributed by atoms with Crippen LogP contribution in [0.25, 0.3) is 11.1 Å². The SMILES string of the molecule is COCCNc1n[nH]c(C)c1-c1ccc(F)cc1. The Bertz CT molecular complexity index is 507. The van der Waals surface area contributed by atoms with Gasteiger partial charge in [-0.3, -0.25) is 5.10 Å². The van der Waals surface area contributed by atoms with Gasteiger partial charge in [0.05, 0.1) is 6.61 Å². The summed E-state index contributed by atoms with van der Waals surface area (Å²) in [5.74, 6) is 0.518. The summed E-state index contributed by atoms with van der Waals surface area (Å²) >= 11 is 0. The Hall–Kier alpha value is -1.88. The molecule has 0 bridgehead atoms. The van der Waals surface area contributed by atoms with Crippen molar-refractivity contribution >= 4 is 5.82 Å². The summed E-state index contributed by atoms with van der Waals surface area (Å²) in [6.07, 6.45) is 0. The number of hydrogen-bond acceptors (Lipinski definition) is 3. The van der Waals surface area contributed by atoms with E-state index in [4.69, 9.17) is 4.74 Å². The van der Waals surface area contributed by atoms with Crippen LogP contribution >= 0.6 is 0 Å². The number of hydrogen-bond donors (Lipinski definition) is 2. The zero-order valence-corrected chi connectivity index (χ0v) is 10.5. The van der Waals surface area contributed by atoms with Gasteiger partial charge in [-0.2, -0.15) is 5.10 Å². The van der Waals surface area contributed by atoms with Crippen molar-refractivity contribution in [2.75, 3.05) is 25.6 Å². The van der Waals surface area contributed by atoms with Crippen LogP contribution in [-0.2, 0) is 4.74 Å². The lowest BCUT2D eigenvalue weighted by Gasteiger charge is -2.06. The summed E-state index contributed by atoms with van der Waals surface area (Å²) in [5.41, 5.74) is 2.84. The second-order valence-electron chi connectivity index (χ2n) is 4.00. The highest BCUT2D eigenvalue weighted by molar-refractivity contribution is 5.77. The van der Waals surface area contributed by atoms with Gasteiger partial charge >= 0.3 is 0 Å². The van der Waals surface area contributed by atoms with E-state index in [2.05, 4.69) is 15.5 Å². The fourth-order valence-electron chi connectivity index (χ4n) is 1.80. The summed E-state index contributed by atoms with van der Waals surface area (Å²) < 4.78 is 17.9. The molecule has 0 aliphatic heterocycles. The molecule has 0 unspecified atom stereocenters. The predicted octanol–water partition coefficient (Wildman–Crippen LogP) is 2.58. The van der Waals surface area contributed by atoms with Gasteiger partial charge in [-0.1, -0.05) is 12.1 Å². The Morgan fingerprint density at radius 2 is 2.06 bits per heavy atom. The van der Waals surface area contributed by atoms with Crippen molar-refractivity contribution in [3.63, 3.8) is 0 Å². The number of nitrogens with zero attached hydrogens (tertiary/aromatic N) is 1. The number of aromatic amines is 1. The average molecular weight is 249 g/mol. The molecule has 4 nitrogen and oxygen atoms in total. The van der Waals surface area contributed by atoms with E-state index in [1.165, 1.54) is 12.1 Å². The Morgan fingerprint density at radius 1 is 1.33 bits per heavy atom. The highest BCUT2D eigenvalue weighted by Gasteiger charge is 2.11. The lowest BCUT2D eigenvalue weighted by Crippen LogP contribution is -2.08. The molecular weight excluding hydrogens is 233 g/mol. The summed E-state index contributed by atoms with van der Waals surface area (Å²) in [5, 5.41) is 10.3. The first-order chi connectivity index (χ1) is 8.72. The number of ether oxygens (including phenoxy) is 1. The van der Waals surface area contributed by atoms with E-state index < -0.39 is 0 Å². The van der Waals surface area contributed by atoms with Crippen LogP contribution in [0.4, 0.5) is 10.2 Å². The van der Waals surface area contributed by atoms with Crippen LogP contribution in [0.2, 0.25) is 0 Å². The second-order valence-corrected chi connectivity index (χ2v) is 4.00. The molecule has 0 saturated carbocycles. The summed E-state index contributed by atoms with van der Waals surface area (Å²) in [6, 6.07) is 6.38. The number of halogens is 1. The molecule has 0 aliphatic rings. The largest absolute Gasteiger partial charge is 0.383 e. The van der Waals surface area contributed by atoms with Crippen LogP contribution in [0.5, 0.6) is 0 Å². The predicted molar refractivity (Wildman–Crippen MR) is 69.1 cm³/mol. The molecule has 0 atom stereocenters. The molecule has 0 saturated heterocycles. The van der Waals surface area contributed by atoms with Gasteiger partial charge in [0.1, 0.15) is 5.82 Å². The van der Waals surface area contributed by atoms with E-state index in [0.717, 1.165) is 22.6 Å². The van der Waals surface area contributed by atoms with Gasteiger partial charge in [0.15, 0.2) is 5.82 Å². The maximum atomic E-state index is 12.9. The lowest BCUT2D eigenvalue weighted by atomic mass is 10.1. The van der Waals surface area contributed by atoms with Gasteiger partial charge in [-0.05, 0) is 24.6 Å². The first-order valence-corrected chi connectivity index (χ1v) is 5.76. The summed E-state index contributed by atoms with van der Waals surface area (Å²) in [6.45, 7) is 3.22. The molecule has 96 valence electrons. The highest BCUT2D eigenvalue weighted by Crippen LogP contribution is 2.29. The Kier molecular flexibility index (Phi) is 3.94. The van der Waals surface area contributed by atoms with Crippen LogP contribution in [0.3, 0.4) is 0 Å². The molecule has 0 radical (unpaired) electrons. The second kappa shape index (κ2) is 5.64. The molecule has 0 aliphatic carbocycles. The molecule has 5 heteroatoms. The molecule has 1 heterocycles. The number of aromatic nitrogens is 2. The van der Waals surface area contributed by atoms with Crippen LogP contribution < -0.4 is 5.32 Å². The van der Waals surface area contributed by atoms with Gasteiger partial charge in [0.2, 0.25) is 0 Å². The first-order valence-electron chi connectivity index (χ1n) is 5.76. The average Bonchev–Trinajstić information content (AvgIpc) is 2.72. The van der Waals surface area contributed by atoms with Crippen LogP contribution in [0.15, 0.2) is 24.3 Å². The third-order valence-electron chi connectivity index (χ3n) is 2.68. The fourth-order valence-corrected chi connectivity index (χ4v) is 1.80. The van der Waals surface area contributed by atoms with Gasteiger partial charge in [0, 0.05) is 24.9 Å². The number of H-pyrrole nitrogens is 1. The van der Waals surface area contributed by atoms with E-state index in [-0.39, 0.29) is 5.82 Å². The van der Waals surface area contributed by atoms with Gasteiger partial charge in [0.25, 0.3) is 0 Å². The number of benzene rings is 1. The van der Waals surface area contributed by atoms with E-state index in [1.807, 2.05) is 6.92 Å². The normalized spacial score (nSPS) is 10.6.